The smallest absolute Gasteiger partial charge is 0.0580 e. The monoisotopic (exact) mass is 237 g/mol. The van der Waals surface area contributed by atoms with Gasteiger partial charge in [0.1, 0.15) is 0 Å². The van der Waals surface area contributed by atoms with Crippen LogP contribution in [0.3, 0.4) is 0 Å². The highest BCUT2D eigenvalue weighted by Crippen LogP contribution is 2.25. The van der Waals surface area contributed by atoms with Crippen LogP contribution < -0.4 is 5.32 Å². The molecule has 1 aromatic heterocycles. The molecule has 1 aliphatic carbocycles. The van der Waals surface area contributed by atoms with E-state index in [1.54, 1.807) is 0 Å². The Balaban J connectivity index is 1.89. The third kappa shape index (κ3) is 2.69. The lowest BCUT2D eigenvalue weighted by molar-refractivity contribution is 0.130. The fraction of sp³-hybridized carbons (Fsp3) is 0.769. The highest BCUT2D eigenvalue weighted by molar-refractivity contribution is 5.19. The van der Waals surface area contributed by atoms with Crippen LogP contribution in [-0.2, 0) is 7.05 Å². The van der Waals surface area contributed by atoms with Crippen molar-refractivity contribution in [2.45, 2.75) is 45.3 Å². The van der Waals surface area contributed by atoms with Crippen LogP contribution in [0.1, 0.15) is 43.5 Å². The van der Waals surface area contributed by atoms with E-state index in [9.17, 15) is 5.11 Å². The van der Waals surface area contributed by atoms with Gasteiger partial charge in [-0.05, 0) is 32.6 Å². The normalized spacial score (nSPS) is 26.4. The third-order valence-corrected chi connectivity index (χ3v) is 4.04. The van der Waals surface area contributed by atoms with Crippen molar-refractivity contribution in [3.05, 3.63) is 17.5 Å². The van der Waals surface area contributed by atoms with Gasteiger partial charge >= 0.3 is 0 Å². The molecule has 0 spiro atoms. The van der Waals surface area contributed by atoms with Crippen molar-refractivity contribution < 1.29 is 5.11 Å². The van der Waals surface area contributed by atoms with Gasteiger partial charge in [-0.15, -0.1) is 0 Å². The zero-order valence-electron chi connectivity index (χ0n) is 11.0. The van der Waals surface area contributed by atoms with E-state index in [0.717, 1.165) is 25.8 Å². The molecule has 0 aromatic carbocycles. The van der Waals surface area contributed by atoms with Crippen molar-refractivity contribution in [1.82, 2.24) is 15.1 Å². The van der Waals surface area contributed by atoms with Crippen LogP contribution in [-0.4, -0.2) is 27.5 Å². The van der Waals surface area contributed by atoms with E-state index in [0.29, 0.717) is 12.0 Å². The molecule has 0 radical (unpaired) electrons. The van der Waals surface area contributed by atoms with E-state index in [2.05, 4.69) is 24.3 Å². The molecule has 2 rings (SSSR count). The van der Waals surface area contributed by atoms with Crippen molar-refractivity contribution in [3.8, 4) is 0 Å². The summed E-state index contributed by atoms with van der Waals surface area (Å²) in [5, 5.41) is 17.5. The van der Waals surface area contributed by atoms with Crippen molar-refractivity contribution in [2.24, 2.45) is 13.0 Å². The van der Waals surface area contributed by atoms with Crippen LogP contribution in [0, 0.1) is 12.8 Å². The van der Waals surface area contributed by atoms with Gasteiger partial charge < -0.3 is 10.4 Å². The van der Waals surface area contributed by atoms with E-state index in [4.69, 9.17) is 0 Å². The Morgan fingerprint density at radius 3 is 2.88 bits per heavy atom. The molecule has 1 heterocycles. The maximum Gasteiger partial charge on any atom is 0.0580 e. The first-order valence-corrected chi connectivity index (χ1v) is 6.49. The Kier molecular flexibility index (Phi) is 3.84. The lowest BCUT2D eigenvalue weighted by Crippen LogP contribution is -2.29. The predicted molar refractivity (Wildman–Crippen MR) is 67.7 cm³/mol. The van der Waals surface area contributed by atoms with E-state index in [1.165, 1.54) is 11.3 Å². The first kappa shape index (κ1) is 12.6. The number of aryl methyl sites for hydroxylation is 1. The fourth-order valence-corrected chi connectivity index (χ4v) is 2.63. The predicted octanol–water partition coefficient (Wildman–Crippen LogP) is 1.54. The van der Waals surface area contributed by atoms with Crippen molar-refractivity contribution >= 4 is 0 Å². The lowest BCUT2D eigenvalue weighted by Gasteiger charge is -2.19. The summed E-state index contributed by atoms with van der Waals surface area (Å²) in [5.41, 5.74) is 2.46. The minimum absolute atomic E-state index is 0.107. The molecule has 4 heteroatoms. The lowest BCUT2D eigenvalue weighted by atomic mass is 10.0. The molecule has 1 fully saturated rings. The first-order valence-electron chi connectivity index (χ1n) is 6.49. The van der Waals surface area contributed by atoms with Crippen molar-refractivity contribution in [1.29, 1.82) is 0 Å². The van der Waals surface area contributed by atoms with Gasteiger partial charge in [0.15, 0.2) is 0 Å². The second-order valence-corrected chi connectivity index (χ2v) is 5.20. The number of aromatic nitrogens is 2. The number of hydrogen-bond donors (Lipinski definition) is 2. The Morgan fingerprint density at radius 1 is 1.59 bits per heavy atom. The highest BCUT2D eigenvalue weighted by Gasteiger charge is 2.25. The van der Waals surface area contributed by atoms with Crippen LogP contribution in [0.5, 0.6) is 0 Å². The van der Waals surface area contributed by atoms with Gasteiger partial charge in [0.2, 0.25) is 0 Å². The molecule has 3 atom stereocenters. The summed E-state index contributed by atoms with van der Waals surface area (Å²) >= 11 is 0. The molecule has 17 heavy (non-hydrogen) atoms. The molecule has 0 bridgehead atoms. The van der Waals surface area contributed by atoms with Crippen LogP contribution in [0.15, 0.2) is 6.20 Å². The fourth-order valence-electron chi connectivity index (χ4n) is 2.63. The molecule has 0 aliphatic heterocycles. The van der Waals surface area contributed by atoms with Gasteiger partial charge in [0.25, 0.3) is 0 Å². The van der Waals surface area contributed by atoms with Crippen molar-refractivity contribution in [2.75, 3.05) is 6.54 Å². The van der Waals surface area contributed by atoms with Crippen molar-refractivity contribution in [3.63, 3.8) is 0 Å². The third-order valence-electron chi connectivity index (χ3n) is 4.04. The molecule has 4 nitrogen and oxygen atoms in total. The van der Waals surface area contributed by atoms with Crippen LogP contribution in [0.2, 0.25) is 0 Å². The van der Waals surface area contributed by atoms with E-state index >= 15 is 0 Å². The van der Waals surface area contributed by atoms with Crippen LogP contribution in [0.4, 0.5) is 0 Å². The van der Waals surface area contributed by atoms with Gasteiger partial charge in [0, 0.05) is 30.9 Å². The maximum atomic E-state index is 9.77. The number of hydrogen-bond acceptors (Lipinski definition) is 3. The molecule has 0 amide bonds. The molecule has 1 aromatic rings. The summed E-state index contributed by atoms with van der Waals surface area (Å²) in [6.45, 7) is 5.15. The number of aliphatic hydroxyl groups excluding tert-OH is 1. The largest absolute Gasteiger partial charge is 0.393 e. The Hall–Kier alpha value is -0.870. The molecule has 3 unspecified atom stereocenters. The first-order chi connectivity index (χ1) is 8.09. The number of aliphatic hydroxyl groups is 1. The van der Waals surface area contributed by atoms with Gasteiger partial charge in [0.05, 0.1) is 12.3 Å². The van der Waals surface area contributed by atoms with Gasteiger partial charge in [-0.25, -0.2) is 0 Å². The molecule has 1 saturated carbocycles. The van der Waals surface area contributed by atoms with Crippen LogP contribution in [0.25, 0.3) is 0 Å². The Labute approximate surface area is 103 Å². The molecule has 2 N–H and O–H groups in total. The second-order valence-electron chi connectivity index (χ2n) is 5.20. The van der Waals surface area contributed by atoms with E-state index < -0.39 is 0 Å². The molecular weight excluding hydrogens is 214 g/mol. The molecule has 96 valence electrons. The van der Waals surface area contributed by atoms with E-state index in [1.807, 2.05) is 17.9 Å². The van der Waals surface area contributed by atoms with Crippen LogP contribution >= 0.6 is 0 Å². The molecule has 1 aliphatic rings. The quantitative estimate of drug-likeness (QED) is 0.835. The molecular formula is C13H23N3O. The number of nitrogens with one attached hydrogen (secondary N) is 1. The summed E-state index contributed by atoms with van der Waals surface area (Å²) < 4.78 is 1.90. The van der Waals surface area contributed by atoms with Gasteiger partial charge in [-0.3, -0.25) is 4.68 Å². The SMILES string of the molecule is Cc1c(C(C)NCC2CCCC2O)cnn1C. The average molecular weight is 237 g/mol. The highest BCUT2D eigenvalue weighted by atomic mass is 16.3. The average Bonchev–Trinajstić information content (AvgIpc) is 2.84. The minimum Gasteiger partial charge on any atom is -0.393 e. The summed E-state index contributed by atoms with van der Waals surface area (Å²) in [7, 11) is 1.96. The van der Waals surface area contributed by atoms with Gasteiger partial charge in [-0.2, -0.15) is 5.10 Å². The number of nitrogens with zero attached hydrogens (tertiary/aromatic N) is 2. The van der Waals surface area contributed by atoms with Gasteiger partial charge in [-0.1, -0.05) is 6.42 Å². The summed E-state index contributed by atoms with van der Waals surface area (Å²) in [6, 6.07) is 0.302. The Morgan fingerprint density at radius 2 is 2.35 bits per heavy atom. The topological polar surface area (TPSA) is 50.1 Å². The number of rotatable bonds is 4. The zero-order chi connectivity index (χ0) is 12.4. The maximum absolute atomic E-state index is 9.77. The second kappa shape index (κ2) is 5.19. The minimum atomic E-state index is -0.107. The summed E-state index contributed by atoms with van der Waals surface area (Å²) in [5.74, 6) is 0.425. The summed E-state index contributed by atoms with van der Waals surface area (Å²) in [6.07, 6.45) is 5.09. The van der Waals surface area contributed by atoms with E-state index in [-0.39, 0.29) is 6.10 Å². The standard InChI is InChI=1S/C13H23N3O/c1-9(12-8-15-16(3)10(12)2)14-7-11-5-4-6-13(11)17/h8-9,11,13-14,17H,4-7H2,1-3H3. The summed E-state index contributed by atoms with van der Waals surface area (Å²) in [4.78, 5) is 0. The Bertz CT molecular complexity index is 375. The zero-order valence-corrected chi connectivity index (χ0v) is 11.0. The molecule has 0 saturated heterocycles.